The van der Waals surface area contributed by atoms with E-state index in [2.05, 4.69) is 0 Å². The lowest BCUT2D eigenvalue weighted by Gasteiger charge is -2.18. The van der Waals surface area contributed by atoms with Gasteiger partial charge in [0.1, 0.15) is 5.78 Å². The summed E-state index contributed by atoms with van der Waals surface area (Å²) < 4.78 is 0. The predicted molar refractivity (Wildman–Crippen MR) is 37.4 cm³/mol. The number of rotatable bonds is 0. The summed E-state index contributed by atoms with van der Waals surface area (Å²) >= 11 is 0. The van der Waals surface area contributed by atoms with Crippen LogP contribution in [0.4, 0.5) is 0 Å². The third-order valence-electron chi connectivity index (χ3n) is 3.94. The van der Waals surface area contributed by atoms with Crippen LogP contribution in [0.5, 0.6) is 0 Å². The second-order valence-electron chi connectivity index (χ2n) is 4.10. The minimum absolute atomic E-state index is 0.531. The number of Topliss-reactive ketones (excluding diaryl/α,β-unsaturated/α-hetero) is 1. The Morgan fingerprint density at radius 1 is 0.900 bits per heavy atom. The summed E-state index contributed by atoms with van der Waals surface area (Å²) in [6.45, 7) is 0. The topological polar surface area (TPSA) is 17.1 Å². The third kappa shape index (κ3) is 0.388. The number of hydrogen-bond donors (Lipinski definition) is 0. The van der Waals surface area contributed by atoms with Gasteiger partial charge in [-0.05, 0) is 37.5 Å². The molecule has 4 atom stereocenters. The number of ketones is 1. The van der Waals surface area contributed by atoms with E-state index in [0.717, 1.165) is 11.8 Å². The molecule has 0 N–H and O–H groups in total. The first-order chi connectivity index (χ1) is 4.88. The van der Waals surface area contributed by atoms with Gasteiger partial charge in [0.15, 0.2) is 0 Å². The first kappa shape index (κ1) is 5.34. The number of hydrogen-bond acceptors (Lipinski definition) is 1. The van der Waals surface area contributed by atoms with Gasteiger partial charge in [-0.25, -0.2) is 0 Å². The van der Waals surface area contributed by atoms with Crippen LogP contribution in [0.1, 0.15) is 25.7 Å². The van der Waals surface area contributed by atoms with Gasteiger partial charge in [0.05, 0.1) is 0 Å². The van der Waals surface area contributed by atoms with Crippen LogP contribution in [0.3, 0.4) is 0 Å². The Bertz CT molecular complexity index is 177. The van der Waals surface area contributed by atoms with E-state index in [1.807, 2.05) is 0 Å². The molecule has 1 nitrogen and oxygen atoms in total. The molecule has 0 aromatic heterocycles. The highest BCUT2D eigenvalue weighted by atomic mass is 16.1. The fraction of sp³-hybridized carbons (Fsp3) is 0.889. The van der Waals surface area contributed by atoms with Crippen molar-refractivity contribution in [2.75, 3.05) is 0 Å². The fourth-order valence-electron chi connectivity index (χ4n) is 3.58. The van der Waals surface area contributed by atoms with Crippen LogP contribution in [0, 0.1) is 23.7 Å². The van der Waals surface area contributed by atoms with Crippen molar-refractivity contribution in [2.24, 2.45) is 23.7 Å². The van der Waals surface area contributed by atoms with Gasteiger partial charge < -0.3 is 0 Å². The standard InChI is InChI=1S/C9H12O/c10-9-7-3-1-5-6(7)2-4-8(5)9/h5-8H,1-4H2. The SMILES string of the molecule is O=C1C2CCC3C1CCC23. The normalized spacial score (nSPS) is 56.6. The fourth-order valence-corrected chi connectivity index (χ4v) is 3.58. The van der Waals surface area contributed by atoms with E-state index >= 15 is 0 Å². The lowest BCUT2D eigenvalue weighted by atomic mass is 9.84. The molecule has 3 aliphatic carbocycles. The average molecular weight is 136 g/mol. The predicted octanol–water partition coefficient (Wildman–Crippen LogP) is 1.62. The Hall–Kier alpha value is -0.330. The highest BCUT2D eigenvalue weighted by Gasteiger charge is 2.57. The molecule has 0 aromatic carbocycles. The van der Waals surface area contributed by atoms with Crippen LogP contribution in [0.2, 0.25) is 0 Å². The summed E-state index contributed by atoms with van der Waals surface area (Å²) in [5.74, 6) is 3.38. The quantitative estimate of drug-likeness (QED) is 0.494. The van der Waals surface area contributed by atoms with Crippen LogP contribution in [-0.4, -0.2) is 5.78 Å². The Morgan fingerprint density at radius 3 is 1.70 bits per heavy atom. The molecule has 0 spiro atoms. The Labute approximate surface area is 60.8 Å². The van der Waals surface area contributed by atoms with Crippen LogP contribution >= 0.6 is 0 Å². The van der Waals surface area contributed by atoms with Crippen molar-refractivity contribution in [3.63, 3.8) is 0 Å². The molecule has 0 amide bonds. The van der Waals surface area contributed by atoms with Gasteiger partial charge in [-0.3, -0.25) is 4.79 Å². The molecular formula is C9H12O. The summed E-state index contributed by atoms with van der Waals surface area (Å²) in [5.41, 5.74) is 0. The van der Waals surface area contributed by atoms with E-state index in [4.69, 9.17) is 0 Å². The van der Waals surface area contributed by atoms with Crippen molar-refractivity contribution in [3.05, 3.63) is 0 Å². The first-order valence-electron chi connectivity index (χ1n) is 4.41. The lowest BCUT2D eigenvalue weighted by Crippen LogP contribution is -2.23. The number of carbonyl (C=O) groups is 1. The van der Waals surface area contributed by atoms with E-state index in [1.165, 1.54) is 25.7 Å². The molecule has 0 heterocycles. The molecule has 0 saturated heterocycles. The van der Waals surface area contributed by atoms with Crippen molar-refractivity contribution in [3.8, 4) is 0 Å². The van der Waals surface area contributed by atoms with Gasteiger partial charge in [0, 0.05) is 11.8 Å². The average Bonchev–Trinajstić information content (AvgIpc) is 2.47. The van der Waals surface area contributed by atoms with Gasteiger partial charge in [-0.2, -0.15) is 0 Å². The Morgan fingerprint density at radius 2 is 1.40 bits per heavy atom. The van der Waals surface area contributed by atoms with E-state index in [1.54, 1.807) is 0 Å². The molecule has 3 aliphatic rings. The van der Waals surface area contributed by atoms with Gasteiger partial charge >= 0.3 is 0 Å². The van der Waals surface area contributed by atoms with Gasteiger partial charge in [-0.1, -0.05) is 0 Å². The molecule has 10 heavy (non-hydrogen) atoms. The summed E-state index contributed by atoms with van der Waals surface area (Å²) in [7, 11) is 0. The monoisotopic (exact) mass is 136 g/mol. The van der Waals surface area contributed by atoms with E-state index in [9.17, 15) is 4.79 Å². The van der Waals surface area contributed by atoms with Gasteiger partial charge in [0.2, 0.25) is 0 Å². The largest absolute Gasteiger partial charge is 0.299 e. The lowest BCUT2D eigenvalue weighted by molar-refractivity contribution is -0.127. The maximum Gasteiger partial charge on any atom is 0.139 e. The smallest absolute Gasteiger partial charge is 0.139 e. The maximum atomic E-state index is 11.4. The maximum absolute atomic E-state index is 11.4. The molecule has 4 bridgehead atoms. The molecule has 1 heteroatoms. The molecule has 3 saturated carbocycles. The minimum Gasteiger partial charge on any atom is -0.299 e. The zero-order valence-electron chi connectivity index (χ0n) is 6.05. The molecule has 3 rings (SSSR count). The zero-order valence-corrected chi connectivity index (χ0v) is 6.05. The van der Waals surface area contributed by atoms with Gasteiger partial charge in [-0.15, -0.1) is 0 Å². The van der Waals surface area contributed by atoms with Crippen molar-refractivity contribution in [2.45, 2.75) is 25.7 Å². The van der Waals surface area contributed by atoms with Crippen LogP contribution in [0.15, 0.2) is 0 Å². The second kappa shape index (κ2) is 1.46. The zero-order chi connectivity index (χ0) is 6.72. The van der Waals surface area contributed by atoms with Crippen molar-refractivity contribution >= 4 is 5.78 Å². The number of carbonyl (C=O) groups excluding carboxylic acids is 1. The molecule has 0 aliphatic heterocycles. The summed E-state index contributed by atoms with van der Waals surface area (Å²) in [6, 6.07) is 0. The highest BCUT2D eigenvalue weighted by Crippen LogP contribution is 2.58. The molecule has 0 radical (unpaired) electrons. The summed E-state index contributed by atoms with van der Waals surface area (Å²) in [5, 5.41) is 0. The van der Waals surface area contributed by atoms with Crippen molar-refractivity contribution < 1.29 is 4.79 Å². The molecule has 4 unspecified atom stereocenters. The van der Waals surface area contributed by atoms with E-state index in [-0.39, 0.29) is 0 Å². The molecule has 3 fully saturated rings. The summed E-state index contributed by atoms with van der Waals surface area (Å²) in [4.78, 5) is 11.4. The Balaban J connectivity index is 2.08. The summed E-state index contributed by atoms with van der Waals surface area (Å²) in [6.07, 6.45) is 5.19. The molecule has 0 aromatic rings. The van der Waals surface area contributed by atoms with E-state index in [0.29, 0.717) is 17.6 Å². The highest BCUT2D eigenvalue weighted by molar-refractivity contribution is 5.88. The molecular weight excluding hydrogens is 124 g/mol. The minimum atomic E-state index is 0.531. The van der Waals surface area contributed by atoms with E-state index < -0.39 is 0 Å². The van der Waals surface area contributed by atoms with Gasteiger partial charge in [0.25, 0.3) is 0 Å². The van der Waals surface area contributed by atoms with Crippen LogP contribution in [-0.2, 0) is 4.79 Å². The van der Waals surface area contributed by atoms with Crippen molar-refractivity contribution in [1.29, 1.82) is 0 Å². The first-order valence-corrected chi connectivity index (χ1v) is 4.41. The molecule has 54 valence electrons. The second-order valence-corrected chi connectivity index (χ2v) is 4.10. The third-order valence-corrected chi connectivity index (χ3v) is 3.94. The van der Waals surface area contributed by atoms with Crippen LogP contribution < -0.4 is 0 Å². The van der Waals surface area contributed by atoms with Crippen LogP contribution in [0.25, 0.3) is 0 Å². The Kier molecular flexibility index (Phi) is 0.781. The van der Waals surface area contributed by atoms with Crippen molar-refractivity contribution in [1.82, 2.24) is 0 Å².